The molecule has 0 aliphatic carbocycles. The van der Waals surface area contributed by atoms with Crippen molar-refractivity contribution in [1.29, 1.82) is 0 Å². The van der Waals surface area contributed by atoms with Gasteiger partial charge in [0.15, 0.2) is 0 Å². The Morgan fingerprint density at radius 2 is 1.14 bits per heavy atom. The van der Waals surface area contributed by atoms with Crippen molar-refractivity contribution in [3.05, 3.63) is 0 Å². The van der Waals surface area contributed by atoms with Gasteiger partial charge in [-0.15, -0.1) is 0 Å². The predicted molar refractivity (Wildman–Crippen MR) is 124 cm³/mol. The minimum atomic E-state index is -2.51. The van der Waals surface area contributed by atoms with E-state index in [2.05, 4.69) is 28.5 Å². The number of piperazine rings is 1. The molecule has 174 valence electrons. The van der Waals surface area contributed by atoms with Gasteiger partial charge in [-0.25, -0.2) is 0 Å². The summed E-state index contributed by atoms with van der Waals surface area (Å²) in [7, 11) is 2.59. The highest BCUT2D eigenvalue weighted by atomic mass is 28.4. The molecule has 0 bridgehead atoms. The number of rotatable bonds is 18. The zero-order valence-electron chi connectivity index (χ0n) is 20.1. The predicted octanol–water partition coefficient (Wildman–Crippen LogP) is 3.48. The van der Waals surface area contributed by atoms with Crippen LogP contribution in [0, 0.1) is 0 Å². The lowest BCUT2D eigenvalue weighted by molar-refractivity contribution is 0.0793. The first-order valence-electron chi connectivity index (χ1n) is 12.0. The van der Waals surface area contributed by atoms with Gasteiger partial charge in [0.25, 0.3) is 0 Å². The van der Waals surface area contributed by atoms with E-state index in [-0.39, 0.29) is 0 Å². The zero-order valence-corrected chi connectivity index (χ0v) is 21.1. The standard InChI is InChI=1S/C22H49N3O3Si/c1-6-8-10-12-14-23(15-13-11-9-7-2)16-17-24-18-20-25(21-19-24)22-29(26-3,27-4)28-5/h6-22H2,1-5H3. The van der Waals surface area contributed by atoms with Gasteiger partial charge in [-0.1, -0.05) is 52.4 Å². The second-order valence-corrected chi connectivity index (χ2v) is 11.3. The van der Waals surface area contributed by atoms with Crippen LogP contribution < -0.4 is 0 Å². The van der Waals surface area contributed by atoms with E-state index in [1.165, 1.54) is 77.5 Å². The van der Waals surface area contributed by atoms with Crippen LogP contribution in [0.4, 0.5) is 0 Å². The van der Waals surface area contributed by atoms with Crippen molar-refractivity contribution in [3.8, 4) is 0 Å². The highest BCUT2D eigenvalue weighted by molar-refractivity contribution is 6.60. The fraction of sp³-hybridized carbons (Fsp3) is 1.00. The topological polar surface area (TPSA) is 37.4 Å². The largest absolute Gasteiger partial charge is 0.514 e. The van der Waals surface area contributed by atoms with Crippen LogP contribution in [0.1, 0.15) is 65.2 Å². The molecule has 1 rings (SSSR count). The maximum Gasteiger partial charge on any atom is 0.514 e. The molecule has 0 unspecified atom stereocenters. The van der Waals surface area contributed by atoms with E-state index in [9.17, 15) is 0 Å². The van der Waals surface area contributed by atoms with Crippen molar-refractivity contribution in [2.45, 2.75) is 65.2 Å². The van der Waals surface area contributed by atoms with Crippen molar-refractivity contribution < 1.29 is 13.3 Å². The number of nitrogens with zero attached hydrogens (tertiary/aromatic N) is 3. The zero-order chi connectivity index (χ0) is 21.4. The molecule has 0 aromatic heterocycles. The van der Waals surface area contributed by atoms with E-state index in [4.69, 9.17) is 13.3 Å². The normalized spacial score (nSPS) is 16.8. The van der Waals surface area contributed by atoms with Gasteiger partial charge in [0, 0.05) is 60.6 Å². The summed E-state index contributed by atoms with van der Waals surface area (Å²) < 4.78 is 16.8. The van der Waals surface area contributed by atoms with Gasteiger partial charge < -0.3 is 18.2 Å². The maximum atomic E-state index is 5.59. The number of hydrogen-bond donors (Lipinski definition) is 0. The van der Waals surface area contributed by atoms with Gasteiger partial charge >= 0.3 is 8.80 Å². The Morgan fingerprint density at radius 1 is 0.655 bits per heavy atom. The fourth-order valence-corrected chi connectivity index (χ4v) is 5.78. The molecular weight excluding hydrogens is 382 g/mol. The minimum Gasteiger partial charge on any atom is -0.376 e. The Morgan fingerprint density at radius 3 is 1.59 bits per heavy atom. The van der Waals surface area contributed by atoms with E-state index in [1.54, 1.807) is 21.3 Å². The lowest BCUT2D eigenvalue weighted by Gasteiger charge is -2.38. The molecule has 0 amide bonds. The first kappa shape index (κ1) is 27.0. The van der Waals surface area contributed by atoms with Gasteiger partial charge in [0.1, 0.15) is 0 Å². The Hall–Kier alpha value is -0.0231. The van der Waals surface area contributed by atoms with Crippen LogP contribution in [-0.4, -0.2) is 103 Å². The Kier molecular flexibility index (Phi) is 15.5. The summed E-state index contributed by atoms with van der Waals surface area (Å²) in [5, 5.41) is 0. The Bertz CT molecular complexity index is 358. The molecule has 0 spiro atoms. The van der Waals surface area contributed by atoms with E-state index in [1.807, 2.05) is 0 Å². The second kappa shape index (κ2) is 16.6. The summed E-state index contributed by atoms with van der Waals surface area (Å²) in [5.41, 5.74) is 0. The van der Waals surface area contributed by atoms with E-state index < -0.39 is 8.80 Å². The molecular formula is C22H49N3O3Si. The molecule has 0 radical (unpaired) electrons. The van der Waals surface area contributed by atoms with Crippen LogP contribution in [0.5, 0.6) is 0 Å². The third kappa shape index (κ3) is 11.2. The smallest absolute Gasteiger partial charge is 0.376 e. The Balaban J connectivity index is 2.34. The van der Waals surface area contributed by atoms with Crippen LogP contribution in [0.25, 0.3) is 0 Å². The Labute approximate surface area is 182 Å². The summed E-state index contributed by atoms with van der Waals surface area (Å²) in [5.74, 6) is 0. The number of unbranched alkanes of at least 4 members (excludes halogenated alkanes) is 6. The monoisotopic (exact) mass is 431 g/mol. The molecule has 0 N–H and O–H groups in total. The lowest BCUT2D eigenvalue weighted by Crippen LogP contribution is -2.58. The molecule has 1 saturated heterocycles. The van der Waals surface area contributed by atoms with E-state index in [0.29, 0.717) is 0 Å². The molecule has 29 heavy (non-hydrogen) atoms. The third-order valence-corrected chi connectivity index (χ3v) is 8.90. The molecule has 0 aromatic carbocycles. The summed E-state index contributed by atoms with van der Waals surface area (Å²) >= 11 is 0. The van der Waals surface area contributed by atoms with Gasteiger partial charge in [-0.2, -0.15) is 0 Å². The molecule has 6 nitrogen and oxygen atoms in total. The lowest BCUT2D eigenvalue weighted by atomic mass is 10.1. The highest BCUT2D eigenvalue weighted by Gasteiger charge is 2.40. The van der Waals surface area contributed by atoms with Gasteiger partial charge in [0.05, 0.1) is 6.17 Å². The average Bonchev–Trinajstić information content (AvgIpc) is 2.76. The van der Waals surface area contributed by atoms with Crippen LogP contribution in [0.15, 0.2) is 0 Å². The molecule has 1 heterocycles. The molecule has 7 heteroatoms. The molecule has 0 saturated carbocycles. The first-order chi connectivity index (χ1) is 14.1. The van der Waals surface area contributed by atoms with Crippen LogP contribution in [0.3, 0.4) is 0 Å². The van der Waals surface area contributed by atoms with Crippen LogP contribution >= 0.6 is 0 Å². The average molecular weight is 432 g/mol. The summed E-state index contributed by atoms with van der Waals surface area (Å²) in [6.45, 7) is 13.9. The molecule has 1 fully saturated rings. The van der Waals surface area contributed by atoms with Crippen LogP contribution in [-0.2, 0) is 13.3 Å². The first-order valence-corrected chi connectivity index (χ1v) is 13.9. The van der Waals surface area contributed by atoms with Crippen molar-refractivity contribution in [2.24, 2.45) is 0 Å². The highest BCUT2D eigenvalue weighted by Crippen LogP contribution is 2.12. The maximum absolute atomic E-state index is 5.59. The minimum absolute atomic E-state index is 0.783. The van der Waals surface area contributed by atoms with Crippen molar-refractivity contribution in [2.75, 3.05) is 79.9 Å². The van der Waals surface area contributed by atoms with Gasteiger partial charge in [-0.3, -0.25) is 9.80 Å². The molecule has 0 atom stereocenters. The third-order valence-electron chi connectivity index (χ3n) is 6.20. The van der Waals surface area contributed by atoms with Gasteiger partial charge in [-0.05, 0) is 25.9 Å². The summed E-state index contributed by atoms with van der Waals surface area (Å²) in [6.07, 6.45) is 11.6. The van der Waals surface area contributed by atoms with E-state index >= 15 is 0 Å². The van der Waals surface area contributed by atoms with Gasteiger partial charge in [0.2, 0.25) is 0 Å². The van der Waals surface area contributed by atoms with Crippen molar-refractivity contribution >= 4 is 8.80 Å². The summed E-state index contributed by atoms with van der Waals surface area (Å²) in [6, 6.07) is 0. The van der Waals surface area contributed by atoms with E-state index in [0.717, 1.165) is 32.3 Å². The van der Waals surface area contributed by atoms with Crippen molar-refractivity contribution in [3.63, 3.8) is 0 Å². The summed E-state index contributed by atoms with van der Waals surface area (Å²) in [4.78, 5) is 7.78. The SMILES string of the molecule is CCCCCCN(CCCCCC)CCN1CCN(C[Si](OC)(OC)OC)CC1. The second-order valence-electron chi connectivity index (χ2n) is 8.38. The molecule has 1 aliphatic heterocycles. The molecule has 1 aliphatic rings. The number of hydrogen-bond acceptors (Lipinski definition) is 6. The molecule has 0 aromatic rings. The quantitative estimate of drug-likeness (QED) is 0.244. The van der Waals surface area contributed by atoms with Crippen molar-refractivity contribution in [1.82, 2.24) is 14.7 Å². The van der Waals surface area contributed by atoms with Crippen LogP contribution in [0.2, 0.25) is 0 Å². The fourth-order valence-electron chi connectivity index (χ4n) is 4.03.